The van der Waals surface area contributed by atoms with Crippen LogP contribution in [-0.2, 0) is 9.59 Å². The van der Waals surface area contributed by atoms with Crippen molar-refractivity contribution in [2.24, 2.45) is 5.92 Å². The lowest BCUT2D eigenvalue weighted by Crippen LogP contribution is -2.45. The average Bonchev–Trinajstić information content (AvgIpc) is 2.77. The zero-order valence-corrected chi connectivity index (χ0v) is 15.3. The number of rotatable bonds is 7. The first-order chi connectivity index (χ1) is 11.7. The Hall–Kier alpha value is -2.37. The van der Waals surface area contributed by atoms with E-state index in [4.69, 9.17) is 0 Å². The first-order valence-electron chi connectivity index (χ1n) is 8.71. The number of imide groups is 1. The number of carbonyl (C=O) groups excluding carboxylic acids is 3. The first kappa shape index (κ1) is 19.0. The number of benzene rings is 1. The third kappa shape index (κ3) is 4.59. The highest BCUT2D eigenvalue weighted by molar-refractivity contribution is 6.08. The van der Waals surface area contributed by atoms with Gasteiger partial charge in [-0.25, -0.2) is 4.79 Å². The van der Waals surface area contributed by atoms with Crippen LogP contribution in [0.2, 0.25) is 0 Å². The Balaban J connectivity index is 1.96. The largest absolute Gasteiger partial charge is 0.348 e. The lowest BCUT2D eigenvalue weighted by atomic mass is 9.92. The molecule has 2 atom stereocenters. The molecule has 0 aliphatic carbocycles. The first-order valence-corrected chi connectivity index (χ1v) is 8.71. The van der Waals surface area contributed by atoms with Crippen molar-refractivity contribution in [2.45, 2.75) is 52.1 Å². The van der Waals surface area contributed by atoms with Gasteiger partial charge in [0, 0.05) is 0 Å². The predicted octanol–water partition coefficient (Wildman–Crippen LogP) is 2.61. The van der Waals surface area contributed by atoms with E-state index in [1.165, 1.54) is 0 Å². The minimum atomic E-state index is -0.924. The SMILES string of the molecule is CC(C)CC[C@]1(C)NC(=O)N(CC(=O)N[C@H](C)c2ccccc2)C1=O. The normalized spacial score (nSPS) is 21.4. The van der Waals surface area contributed by atoms with E-state index in [9.17, 15) is 14.4 Å². The highest BCUT2D eigenvalue weighted by Crippen LogP contribution is 2.24. The molecular weight excluding hydrogens is 318 g/mol. The van der Waals surface area contributed by atoms with Crippen LogP contribution in [0.5, 0.6) is 0 Å². The Morgan fingerprint density at radius 2 is 1.84 bits per heavy atom. The van der Waals surface area contributed by atoms with Crippen LogP contribution in [-0.4, -0.2) is 34.8 Å². The third-order valence-corrected chi connectivity index (χ3v) is 4.55. The summed E-state index contributed by atoms with van der Waals surface area (Å²) in [5.74, 6) is -0.251. The third-order valence-electron chi connectivity index (χ3n) is 4.55. The smallest absolute Gasteiger partial charge is 0.325 e. The molecular formula is C19H27N3O3. The number of amides is 4. The van der Waals surface area contributed by atoms with E-state index in [-0.39, 0.29) is 24.4 Å². The summed E-state index contributed by atoms with van der Waals surface area (Å²) in [7, 11) is 0. The van der Waals surface area contributed by atoms with Gasteiger partial charge in [-0.2, -0.15) is 0 Å². The summed E-state index contributed by atoms with van der Waals surface area (Å²) in [5, 5.41) is 5.56. The van der Waals surface area contributed by atoms with Gasteiger partial charge < -0.3 is 10.6 Å². The van der Waals surface area contributed by atoms with Gasteiger partial charge in [-0.3, -0.25) is 14.5 Å². The number of hydrogen-bond donors (Lipinski definition) is 2. The van der Waals surface area contributed by atoms with E-state index in [1.54, 1.807) is 6.92 Å². The zero-order valence-electron chi connectivity index (χ0n) is 15.3. The maximum Gasteiger partial charge on any atom is 0.325 e. The Labute approximate surface area is 149 Å². The van der Waals surface area contributed by atoms with Crippen LogP contribution in [0.1, 0.15) is 52.1 Å². The molecule has 2 rings (SSSR count). The van der Waals surface area contributed by atoms with Crippen LogP contribution in [0.15, 0.2) is 30.3 Å². The number of nitrogens with zero attached hydrogens (tertiary/aromatic N) is 1. The van der Waals surface area contributed by atoms with Crippen molar-refractivity contribution in [1.29, 1.82) is 0 Å². The van der Waals surface area contributed by atoms with E-state index < -0.39 is 11.6 Å². The summed E-state index contributed by atoms with van der Waals surface area (Å²) in [4.78, 5) is 38.0. The summed E-state index contributed by atoms with van der Waals surface area (Å²) in [6.45, 7) is 7.46. The fourth-order valence-corrected chi connectivity index (χ4v) is 2.89. The second-order valence-corrected chi connectivity index (χ2v) is 7.29. The second-order valence-electron chi connectivity index (χ2n) is 7.29. The molecule has 136 valence electrons. The van der Waals surface area contributed by atoms with E-state index in [1.807, 2.05) is 37.3 Å². The molecule has 1 saturated heterocycles. The van der Waals surface area contributed by atoms with Gasteiger partial charge >= 0.3 is 6.03 Å². The van der Waals surface area contributed by atoms with E-state index in [0.29, 0.717) is 12.3 Å². The lowest BCUT2D eigenvalue weighted by molar-refractivity contribution is -0.135. The fourth-order valence-electron chi connectivity index (χ4n) is 2.89. The Morgan fingerprint density at radius 3 is 2.44 bits per heavy atom. The molecule has 2 N–H and O–H groups in total. The van der Waals surface area contributed by atoms with Crippen molar-refractivity contribution in [3.63, 3.8) is 0 Å². The van der Waals surface area contributed by atoms with Gasteiger partial charge in [-0.1, -0.05) is 44.2 Å². The Bertz CT molecular complexity index is 645. The van der Waals surface area contributed by atoms with Crippen molar-refractivity contribution in [3.8, 4) is 0 Å². The van der Waals surface area contributed by atoms with Gasteiger partial charge in [0.05, 0.1) is 6.04 Å². The van der Waals surface area contributed by atoms with Crippen LogP contribution < -0.4 is 10.6 Å². The van der Waals surface area contributed by atoms with Gasteiger partial charge in [0.15, 0.2) is 0 Å². The second kappa shape index (κ2) is 7.68. The molecule has 0 saturated carbocycles. The Morgan fingerprint density at radius 1 is 1.20 bits per heavy atom. The van der Waals surface area contributed by atoms with Gasteiger partial charge in [-0.05, 0) is 38.2 Å². The molecule has 4 amide bonds. The van der Waals surface area contributed by atoms with Crippen LogP contribution in [0, 0.1) is 5.92 Å². The summed E-state index contributed by atoms with van der Waals surface area (Å²) in [5.41, 5.74) is 0.0435. The maximum atomic E-state index is 12.6. The Kier molecular flexibility index (Phi) is 5.82. The highest BCUT2D eigenvalue weighted by Gasteiger charge is 2.47. The molecule has 0 unspecified atom stereocenters. The maximum absolute atomic E-state index is 12.6. The minimum Gasteiger partial charge on any atom is -0.348 e. The molecule has 0 aromatic heterocycles. The zero-order chi connectivity index (χ0) is 18.6. The number of carbonyl (C=O) groups is 3. The molecule has 0 spiro atoms. The van der Waals surface area contributed by atoms with Gasteiger partial charge in [-0.15, -0.1) is 0 Å². The monoisotopic (exact) mass is 345 g/mol. The van der Waals surface area contributed by atoms with Crippen molar-refractivity contribution >= 4 is 17.8 Å². The highest BCUT2D eigenvalue weighted by atomic mass is 16.2. The molecule has 6 nitrogen and oxygen atoms in total. The number of urea groups is 1. The van der Waals surface area contributed by atoms with Crippen LogP contribution in [0.4, 0.5) is 4.79 Å². The van der Waals surface area contributed by atoms with Crippen LogP contribution >= 0.6 is 0 Å². The van der Waals surface area contributed by atoms with Gasteiger partial charge in [0.25, 0.3) is 5.91 Å². The minimum absolute atomic E-state index is 0.193. The van der Waals surface area contributed by atoms with Gasteiger partial charge in [0.2, 0.25) is 5.91 Å². The topological polar surface area (TPSA) is 78.5 Å². The fraction of sp³-hybridized carbons (Fsp3) is 0.526. The van der Waals surface area contributed by atoms with Crippen molar-refractivity contribution in [1.82, 2.24) is 15.5 Å². The summed E-state index contributed by atoms with van der Waals surface area (Å²) in [6.07, 6.45) is 1.39. The van der Waals surface area contributed by atoms with Crippen molar-refractivity contribution in [2.75, 3.05) is 6.54 Å². The van der Waals surface area contributed by atoms with E-state index in [2.05, 4.69) is 24.5 Å². The van der Waals surface area contributed by atoms with Crippen molar-refractivity contribution < 1.29 is 14.4 Å². The van der Waals surface area contributed by atoms with Crippen LogP contribution in [0.25, 0.3) is 0 Å². The molecule has 1 heterocycles. The molecule has 1 aromatic rings. The molecule has 1 aromatic carbocycles. The van der Waals surface area contributed by atoms with E-state index in [0.717, 1.165) is 16.9 Å². The van der Waals surface area contributed by atoms with Crippen LogP contribution in [0.3, 0.4) is 0 Å². The standard InChI is InChI=1S/C19H27N3O3/c1-13(2)10-11-19(4)17(24)22(18(25)21-19)12-16(23)20-14(3)15-8-6-5-7-9-15/h5-9,13-14H,10-12H2,1-4H3,(H,20,23)(H,21,25)/t14-,19+/m1/s1. The molecule has 1 fully saturated rings. The predicted molar refractivity (Wildman–Crippen MR) is 95.7 cm³/mol. The summed E-state index contributed by atoms with van der Waals surface area (Å²) < 4.78 is 0. The van der Waals surface area contributed by atoms with Gasteiger partial charge in [0.1, 0.15) is 12.1 Å². The molecule has 1 aliphatic heterocycles. The molecule has 0 radical (unpaired) electrons. The number of nitrogens with one attached hydrogen (secondary N) is 2. The molecule has 1 aliphatic rings. The number of hydrogen-bond acceptors (Lipinski definition) is 3. The molecule has 0 bridgehead atoms. The van der Waals surface area contributed by atoms with Crippen molar-refractivity contribution in [3.05, 3.63) is 35.9 Å². The lowest BCUT2D eigenvalue weighted by Gasteiger charge is -2.22. The quantitative estimate of drug-likeness (QED) is 0.746. The summed E-state index contributed by atoms with van der Waals surface area (Å²) in [6, 6.07) is 8.85. The average molecular weight is 345 g/mol. The van der Waals surface area contributed by atoms with E-state index >= 15 is 0 Å². The molecule has 6 heteroatoms. The molecule has 25 heavy (non-hydrogen) atoms. The summed E-state index contributed by atoms with van der Waals surface area (Å²) >= 11 is 0.